The van der Waals surface area contributed by atoms with Gasteiger partial charge in [0, 0.05) is 28.0 Å². The van der Waals surface area contributed by atoms with Crippen LogP contribution >= 0.6 is 31.9 Å². The number of ether oxygens (including phenoxy) is 1. The van der Waals surface area contributed by atoms with Gasteiger partial charge in [-0.3, -0.25) is 4.79 Å². The first-order valence-corrected chi connectivity index (χ1v) is 16.1. The first-order chi connectivity index (χ1) is 20.0. The third-order valence-corrected chi connectivity index (χ3v) is 8.03. The number of hydrogen-bond acceptors (Lipinski definition) is 4. The zero-order valence-corrected chi connectivity index (χ0v) is 27.9. The minimum Gasteiger partial charge on any atom is -0.444 e. The molecule has 226 valence electrons. The highest BCUT2D eigenvalue weighted by Gasteiger charge is 2.29. The fourth-order valence-corrected chi connectivity index (χ4v) is 6.28. The van der Waals surface area contributed by atoms with E-state index in [9.17, 15) is 9.59 Å². The van der Waals surface area contributed by atoms with Crippen LogP contribution in [0.15, 0.2) is 87.8 Å². The molecule has 4 N–H and O–H groups in total. The van der Waals surface area contributed by atoms with Gasteiger partial charge < -0.3 is 21.1 Å². The summed E-state index contributed by atoms with van der Waals surface area (Å²) in [5, 5.41) is 6.20. The molecule has 8 heteroatoms. The second kappa shape index (κ2) is 16.8. The van der Waals surface area contributed by atoms with Crippen molar-refractivity contribution in [2.45, 2.75) is 71.1 Å². The standard InChI is InChI=1S/C27H34Br2N2O3.C7H9N/c1-27(2,3)34-26(33)30-17-19-9-11-20(12-10-19)25(32)31-24(13-18-7-5-4-6-8-18)21-14-22(28)16-23(29)15-21;8-6-7-4-2-1-3-5-7/h4-8,14-16,19-20,24H,9-13,17H2,1-3H3,(H,30,33)(H,31,32);1-5H,6,8H2. The lowest BCUT2D eigenvalue weighted by Gasteiger charge is -2.30. The molecule has 6 nitrogen and oxygen atoms in total. The Hall–Kier alpha value is -2.68. The van der Waals surface area contributed by atoms with Crippen molar-refractivity contribution < 1.29 is 14.3 Å². The van der Waals surface area contributed by atoms with E-state index < -0.39 is 5.60 Å². The normalized spacial score (nSPS) is 17.3. The van der Waals surface area contributed by atoms with Crippen molar-refractivity contribution in [3.05, 3.63) is 104 Å². The summed E-state index contributed by atoms with van der Waals surface area (Å²) in [6.45, 7) is 6.80. The molecular weight excluding hydrogens is 658 g/mol. The monoisotopic (exact) mass is 699 g/mol. The van der Waals surface area contributed by atoms with Crippen LogP contribution in [0, 0.1) is 11.8 Å². The molecule has 4 rings (SSSR count). The maximum absolute atomic E-state index is 13.2. The Morgan fingerprint density at radius 2 is 1.43 bits per heavy atom. The van der Waals surface area contributed by atoms with E-state index in [-0.39, 0.29) is 24.0 Å². The zero-order valence-electron chi connectivity index (χ0n) is 24.7. The van der Waals surface area contributed by atoms with Gasteiger partial charge in [0.05, 0.1) is 6.04 Å². The Kier molecular flexibility index (Phi) is 13.5. The molecule has 3 aromatic carbocycles. The predicted molar refractivity (Wildman–Crippen MR) is 177 cm³/mol. The van der Waals surface area contributed by atoms with Crippen LogP contribution in [0.3, 0.4) is 0 Å². The lowest BCUT2D eigenvalue weighted by molar-refractivity contribution is -0.127. The van der Waals surface area contributed by atoms with Gasteiger partial charge in [-0.15, -0.1) is 0 Å². The van der Waals surface area contributed by atoms with Gasteiger partial charge in [-0.1, -0.05) is 92.5 Å². The molecule has 0 aliphatic heterocycles. The van der Waals surface area contributed by atoms with Crippen LogP contribution in [0.5, 0.6) is 0 Å². The predicted octanol–water partition coefficient (Wildman–Crippen LogP) is 8.09. The number of nitrogens with two attached hydrogens (primary N) is 1. The van der Waals surface area contributed by atoms with Gasteiger partial charge in [-0.25, -0.2) is 4.79 Å². The topological polar surface area (TPSA) is 93.4 Å². The summed E-state index contributed by atoms with van der Waals surface area (Å²) in [6, 6.07) is 26.2. The molecule has 0 bridgehead atoms. The Morgan fingerprint density at radius 1 is 0.881 bits per heavy atom. The fourth-order valence-electron chi connectivity index (χ4n) is 4.95. The van der Waals surface area contributed by atoms with E-state index in [2.05, 4.69) is 66.8 Å². The summed E-state index contributed by atoms with van der Waals surface area (Å²) in [5.74, 6) is 0.472. The molecule has 1 saturated carbocycles. The van der Waals surface area contributed by atoms with Gasteiger partial charge >= 0.3 is 6.09 Å². The lowest BCUT2D eigenvalue weighted by Crippen LogP contribution is -2.39. The van der Waals surface area contributed by atoms with Crippen molar-refractivity contribution in [3.8, 4) is 0 Å². The van der Waals surface area contributed by atoms with Crippen LogP contribution in [-0.2, 0) is 22.5 Å². The number of alkyl carbamates (subject to hydrolysis) is 1. The number of rotatable bonds is 8. The number of halogens is 2. The number of carbonyl (C=O) groups is 2. The van der Waals surface area contributed by atoms with Gasteiger partial charge in [-0.2, -0.15) is 0 Å². The van der Waals surface area contributed by atoms with Crippen molar-refractivity contribution in [1.82, 2.24) is 10.6 Å². The van der Waals surface area contributed by atoms with Gasteiger partial charge in [0.15, 0.2) is 0 Å². The van der Waals surface area contributed by atoms with Gasteiger partial charge in [0.25, 0.3) is 0 Å². The summed E-state index contributed by atoms with van der Waals surface area (Å²) in [7, 11) is 0. The molecule has 1 aliphatic carbocycles. The maximum Gasteiger partial charge on any atom is 0.407 e. The van der Waals surface area contributed by atoms with E-state index >= 15 is 0 Å². The molecular formula is C34H43Br2N3O3. The first-order valence-electron chi connectivity index (χ1n) is 14.5. The molecule has 3 aromatic rings. The highest BCUT2D eigenvalue weighted by molar-refractivity contribution is 9.11. The molecule has 1 aliphatic rings. The molecule has 0 saturated heterocycles. The Labute approximate surface area is 267 Å². The SMILES string of the molecule is CC(C)(C)OC(=O)NCC1CCC(C(=O)NC(Cc2ccccc2)c2cc(Br)cc(Br)c2)CC1.NCc1ccccc1. The van der Waals surface area contributed by atoms with Crippen molar-refractivity contribution >= 4 is 43.9 Å². The van der Waals surface area contributed by atoms with E-state index in [4.69, 9.17) is 10.5 Å². The quantitative estimate of drug-likeness (QED) is 0.222. The van der Waals surface area contributed by atoms with Crippen molar-refractivity contribution in [2.24, 2.45) is 17.6 Å². The Balaban J connectivity index is 0.000000521. The summed E-state index contributed by atoms with van der Waals surface area (Å²) in [5.41, 5.74) is 8.28. The van der Waals surface area contributed by atoms with Crippen LogP contribution in [0.25, 0.3) is 0 Å². The van der Waals surface area contributed by atoms with Crippen molar-refractivity contribution in [2.75, 3.05) is 6.54 Å². The van der Waals surface area contributed by atoms with Crippen LogP contribution in [0.1, 0.15) is 69.2 Å². The average Bonchev–Trinajstić information content (AvgIpc) is 2.96. The average molecular weight is 702 g/mol. The number of amides is 2. The first kappa shape index (κ1) is 33.8. The molecule has 1 fully saturated rings. The highest BCUT2D eigenvalue weighted by Crippen LogP contribution is 2.31. The fraction of sp³-hybridized carbons (Fsp3) is 0.412. The van der Waals surface area contributed by atoms with Gasteiger partial charge in [0.1, 0.15) is 5.60 Å². The minimum atomic E-state index is -0.500. The van der Waals surface area contributed by atoms with Crippen LogP contribution < -0.4 is 16.4 Å². The van der Waals surface area contributed by atoms with Crippen LogP contribution in [0.2, 0.25) is 0 Å². The summed E-state index contributed by atoms with van der Waals surface area (Å²) in [6.07, 6.45) is 3.83. The van der Waals surface area contributed by atoms with E-state index in [1.807, 2.05) is 75.4 Å². The third kappa shape index (κ3) is 12.3. The van der Waals surface area contributed by atoms with E-state index in [1.54, 1.807) is 0 Å². The number of nitrogens with one attached hydrogen (secondary N) is 2. The molecule has 1 atom stereocenters. The van der Waals surface area contributed by atoms with E-state index in [0.717, 1.165) is 46.6 Å². The molecule has 0 spiro atoms. The number of hydrogen-bond donors (Lipinski definition) is 3. The van der Waals surface area contributed by atoms with Crippen molar-refractivity contribution in [3.63, 3.8) is 0 Å². The summed E-state index contributed by atoms with van der Waals surface area (Å²) < 4.78 is 7.27. The molecule has 0 heterocycles. The minimum absolute atomic E-state index is 0.00774. The van der Waals surface area contributed by atoms with Gasteiger partial charge in [-0.05, 0) is 93.7 Å². The Bertz CT molecular complexity index is 1240. The van der Waals surface area contributed by atoms with Crippen molar-refractivity contribution in [1.29, 1.82) is 0 Å². The van der Waals surface area contributed by atoms with Gasteiger partial charge in [0.2, 0.25) is 5.91 Å². The highest BCUT2D eigenvalue weighted by atomic mass is 79.9. The third-order valence-electron chi connectivity index (χ3n) is 7.12. The second-order valence-electron chi connectivity index (χ2n) is 11.7. The van der Waals surface area contributed by atoms with Crippen LogP contribution in [-0.4, -0.2) is 24.1 Å². The molecule has 0 radical (unpaired) electrons. The van der Waals surface area contributed by atoms with E-state index in [1.165, 1.54) is 11.1 Å². The van der Waals surface area contributed by atoms with E-state index in [0.29, 0.717) is 19.0 Å². The summed E-state index contributed by atoms with van der Waals surface area (Å²) in [4.78, 5) is 25.2. The lowest BCUT2D eigenvalue weighted by atomic mass is 9.81. The number of carbonyl (C=O) groups excluding carboxylic acids is 2. The maximum atomic E-state index is 13.2. The zero-order chi connectivity index (χ0) is 30.5. The smallest absolute Gasteiger partial charge is 0.407 e. The number of benzene rings is 3. The molecule has 2 amide bonds. The van der Waals surface area contributed by atoms with Crippen LogP contribution in [0.4, 0.5) is 4.79 Å². The second-order valence-corrected chi connectivity index (χ2v) is 13.6. The molecule has 1 unspecified atom stereocenters. The Morgan fingerprint density at radius 3 is 1.93 bits per heavy atom. The molecule has 42 heavy (non-hydrogen) atoms. The summed E-state index contributed by atoms with van der Waals surface area (Å²) >= 11 is 7.15. The largest absolute Gasteiger partial charge is 0.444 e. The molecule has 0 aromatic heterocycles.